The van der Waals surface area contributed by atoms with Gasteiger partial charge in [0.15, 0.2) is 5.96 Å². The summed E-state index contributed by atoms with van der Waals surface area (Å²) in [5.74, 6) is 2.14. The molecule has 0 saturated carbocycles. The van der Waals surface area contributed by atoms with Crippen LogP contribution >= 0.6 is 0 Å². The molecule has 0 spiro atoms. The molecule has 0 aliphatic rings. The number of guanidine groups is 1. The molecule has 1 atom stereocenters. The first-order valence-electron chi connectivity index (χ1n) is 9.29. The van der Waals surface area contributed by atoms with Gasteiger partial charge in [-0.25, -0.2) is 4.99 Å². The van der Waals surface area contributed by atoms with Crippen molar-refractivity contribution in [3.63, 3.8) is 0 Å². The summed E-state index contributed by atoms with van der Waals surface area (Å²) in [4.78, 5) is 6.55. The highest BCUT2D eigenvalue weighted by atomic mass is 16.5. The molecule has 1 rings (SSSR count). The summed E-state index contributed by atoms with van der Waals surface area (Å²) in [5.41, 5.74) is 7.10. The number of aliphatic imine (C=N–C) groups is 1. The summed E-state index contributed by atoms with van der Waals surface area (Å²) in [6, 6.07) is 8.39. The van der Waals surface area contributed by atoms with Crippen molar-refractivity contribution in [2.75, 3.05) is 27.2 Å². The predicted octanol–water partition coefficient (Wildman–Crippen LogP) is 3.25. The van der Waals surface area contributed by atoms with Gasteiger partial charge in [-0.15, -0.1) is 0 Å². The number of ether oxygens (including phenoxy) is 1. The summed E-state index contributed by atoms with van der Waals surface area (Å²) < 4.78 is 5.76. The smallest absolute Gasteiger partial charge is 0.189 e. The minimum Gasteiger partial charge on any atom is -0.492 e. The third kappa shape index (κ3) is 10.7. The quantitative estimate of drug-likeness (QED) is 0.476. The van der Waals surface area contributed by atoms with Gasteiger partial charge in [-0.1, -0.05) is 38.8 Å². The fraction of sp³-hybridized carbons (Fsp3) is 0.650. The largest absolute Gasteiger partial charge is 0.492 e. The molecule has 1 aromatic rings. The minimum atomic E-state index is 0.350. The summed E-state index contributed by atoms with van der Waals surface area (Å²) in [6.07, 6.45) is 3.58. The summed E-state index contributed by atoms with van der Waals surface area (Å²) >= 11 is 0. The number of hydrogen-bond donors (Lipinski definition) is 2. The van der Waals surface area contributed by atoms with Crippen LogP contribution in [0.3, 0.4) is 0 Å². The lowest BCUT2D eigenvalue weighted by atomic mass is 10.0. The molecule has 5 nitrogen and oxygen atoms in total. The molecule has 0 aliphatic heterocycles. The summed E-state index contributed by atoms with van der Waals surface area (Å²) in [6.45, 7) is 8.80. The molecule has 0 radical (unpaired) electrons. The number of likely N-dealkylation sites (N-methyl/N-ethyl adjacent to an activating group) is 1. The van der Waals surface area contributed by atoms with Crippen LogP contribution in [-0.2, 0) is 6.54 Å². The summed E-state index contributed by atoms with van der Waals surface area (Å²) in [5, 5.41) is 3.28. The highest BCUT2D eigenvalue weighted by Crippen LogP contribution is 2.14. The van der Waals surface area contributed by atoms with Crippen LogP contribution in [0, 0.1) is 5.92 Å². The molecule has 0 fully saturated rings. The molecular formula is C20H36N4O. The molecule has 0 aliphatic carbocycles. The van der Waals surface area contributed by atoms with Gasteiger partial charge in [0.25, 0.3) is 0 Å². The van der Waals surface area contributed by atoms with E-state index in [-0.39, 0.29) is 0 Å². The van der Waals surface area contributed by atoms with Crippen molar-refractivity contribution in [2.24, 2.45) is 16.6 Å². The Morgan fingerprint density at radius 1 is 1.24 bits per heavy atom. The lowest BCUT2D eigenvalue weighted by molar-refractivity contribution is 0.261. The van der Waals surface area contributed by atoms with Gasteiger partial charge in [-0.2, -0.15) is 0 Å². The van der Waals surface area contributed by atoms with E-state index in [1.165, 1.54) is 12.8 Å². The fourth-order valence-electron chi connectivity index (χ4n) is 2.46. The van der Waals surface area contributed by atoms with Gasteiger partial charge in [0.05, 0.1) is 6.54 Å². The molecule has 142 valence electrons. The maximum Gasteiger partial charge on any atom is 0.189 e. The Morgan fingerprint density at radius 3 is 2.68 bits per heavy atom. The molecule has 0 bridgehead atoms. The molecule has 0 amide bonds. The van der Waals surface area contributed by atoms with Crippen LogP contribution in [0.5, 0.6) is 5.75 Å². The number of nitrogens with two attached hydrogens (primary N) is 1. The standard InChI is InChI=1S/C20H36N4O/c1-16(2)8-6-9-17(3)23-20(21)22-15-18-10-7-11-19(14-18)25-13-12-24(4)5/h7,10-11,14,16-17H,6,8-9,12-13,15H2,1-5H3,(H3,21,22,23). The second-order valence-corrected chi connectivity index (χ2v) is 7.37. The van der Waals surface area contributed by atoms with Crippen LogP contribution < -0.4 is 15.8 Å². The SMILES string of the molecule is CC(C)CCCC(C)NC(N)=NCc1cccc(OCCN(C)C)c1. The third-order valence-electron chi connectivity index (χ3n) is 3.95. The Labute approximate surface area is 153 Å². The van der Waals surface area contributed by atoms with E-state index < -0.39 is 0 Å². The van der Waals surface area contributed by atoms with Gasteiger partial charge in [0, 0.05) is 12.6 Å². The fourth-order valence-corrected chi connectivity index (χ4v) is 2.46. The van der Waals surface area contributed by atoms with Gasteiger partial charge < -0.3 is 20.7 Å². The van der Waals surface area contributed by atoms with Gasteiger partial charge >= 0.3 is 0 Å². The van der Waals surface area contributed by atoms with Crippen molar-refractivity contribution >= 4 is 5.96 Å². The van der Waals surface area contributed by atoms with Crippen molar-refractivity contribution in [1.29, 1.82) is 0 Å². The minimum absolute atomic E-state index is 0.350. The zero-order chi connectivity index (χ0) is 18.7. The first-order chi connectivity index (χ1) is 11.9. The van der Waals surface area contributed by atoms with Crippen molar-refractivity contribution in [3.05, 3.63) is 29.8 Å². The van der Waals surface area contributed by atoms with Gasteiger partial charge in [-0.3, -0.25) is 0 Å². The van der Waals surface area contributed by atoms with Crippen LogP contribution in [0.2, 0.25) is 0 Å². The highest BCUT2D eigenvalue weighted by Gasteiger charge is 2.04. The van der Waals surface area contributed by atoms with Gasteiger partial charge in [-0.05, 0) is 51.1 Å². The van der Waals surface area contributed by atoms with E-state index >= 15 is 0 Å². The first kappa shape index (κ1) is 21.3. The van der Waals surface area contributed by atoms with Gasteiger partial charge in [0.1, 0.15) is 12.4 Å². The van der Waals surface area contributed by atoms with Crippen LogP contribution in [0.25, 0.3) is 0 Å². The maximum atomic E-state index is 6.01. The van der Waals surface area contributed by atoms with E-state index in [0.29, 0.717) is 25.2 Å². The summed E-state index contributed by atoms with van der Waals surface area (Å²) in [7, 11) is 4.07. The zero-order valence-electron chi connectivity index (χ0n) is 16.6. The zero-order valence-corrected chi connectivity index (χ0v) is 16.6. The van der Waals surface area contributed by atoms with Crippen LogP contribution in [-0.4, -0.2) is 44.1 Å². The second kappa shape index (κ2) is 11.7. The van der Waals surface area contributed by atoms with E-state index in [1.54, 1.807) is 0 Å². The van der Waals surface area contributed by atoms with Crippen molar-refractivity contribution in [2.45, 2.75) is 52.6 Å². The second-order valence-electron chi connectivity index (χ2n) is 7.37. The van der Waals surface area contributed by atoms with Crippen LogP contribution in [0.15, 0.2) is 29.3 Å². The van der Waals surface area contributed by atoms with E-state index in [4.69, 9.17) is 10.5 Å². The molecule has 0 saturated heterocycles. The molecule has 1 unspecified atom stereocenters. The number of rotatable bonds is 11. The van der Waals surface area contributed by atoms with Crippen LogP contribution in [0.4, 0.5) is 0 Å². The Kier molecular flexibility index (Phi) is 10.0. The van der Waals surface area contributed by atoms with Crippen molar-refractivity contribution < 1.29 is 4.74 Å². The monoisotopic (exact) mass is 348 g/mol. The van der Waals surface area contributed by atoms with E-state index in [0.717, 1.165) is 30.2 Å². The number of nitrogens with one attached hydrogen (secondary N) is 1. The Bertz CT molecular complexity index is 514. The number of hydrogen-bond acceptors (Lipinski definition) is 3. The van der Waals surface area contributed by atoms with E-state index in [2.05, 4.69) is 36.0 Å². The lowest BCUT2D eigenvalue weighted by Gasteiger charge is -2.15. The number of nitrogens with zero attached hydrogens (tertiary/aromatic N) is 2. The maximum absolute atomic E-state index is 6.01. The molecular weight excluding hydrogens is 312 g/mol. The van der Waals surface area contributed by atoms with Gasteiger partial charge in [0.2, 0.25) is 0 Å². The normalized spacial score (nSPS) is 13.3. The molecule has 25 heavy (non-hydrogen) atoms. The predicted molar refractivity (Wildman–Crippen MR) is 107 cm³/mol. The Hall–Kier alpha value is -1.75. The van der Waals surface area contributed by atoms with Crippen molar-refractivity contribution in [1.82, 2.24) is 10.2 Å². The topological polar surface area (TPSA) is 62.9 Å². The van der Waals surface area contributed by atoms with E-state index in [9.17, 15) is 0 Å². The highest BCUT2D eigenvalue weighted by molar-refractivity contribution is 5.78. The third-order valence-corrected chi connectivity index (χ3v) is 3.95. The Balaban J connectivity index is 2.40. The molecule has 3 N–H and O–H groups in total. The Morgan fingerprint density at radius 2 is 2.00 bits per heavy atom. The molecule has 1 aromatic carbocycles. The average Bonchev–Trinajstić information content (AvgIpc) is 2.52. The number of benzene rings is 1. The van der Waals surface area contributed by atoms with E-state index in [1.807, 2.05) is 38.4 Å². The molecule has 0 aromatic heterocycles. The van der Waals surface area contributed by atoms with Crippen molar-refractivity contribution in [3.8, 4) is 5.75 Å². The molecule has 0 heterocycles. The lowest BCUT2D eigenvalue weighted by Crippen LogP contribution is -2.38. The first-order valence-corrected chi connectivity index (χ1v) is 9.29. The average molecular weight is 349 g/mol. The van der Waals surface area contributed by atoms with Crippen LogP contribution in [0.1, 0.15) is 45.6 Å². The molecule has 5 heteroatoms.